The standard InChI is InChI=1S/C15H18Cl2N4/c1-4-9(2)18-13-8-10(3)19-15(20-13)21-14-11(16)6-5-7-12(14)17/h5-9H,4H2,1-3H3,(H2,18,19,20,21). The second-order valence-corrected chi connectivity index (χ2v) is 5.71. The molecule has 0 amide bonds. The minimum absolute atomic E-state index is 0.344. The van der Waals surface area contributed by atoms with E-state index in [-0.39, 0.29) is 0 Å². The van der Waals surface area contributed by atoms with Crippen LogP contribution in [0.25, 0.3) is 0 Å². The molecule has 0 saturated heterocycles. The van der Waals surface area contributed by atoms with Gasteiger partial charge in [0.1, 0.15) is 5.82 Å². The van der Waals surface area contributed by atoms with E-state index in [0.29, 0.717) is 27.7 Å². The Morgan fingerprint density at radius 3 is 2.48 bits per heavy atom. The molecule has 1 heterocycles. The summed E-state index contributed by atoms with van der Waals surface area (Å²) >= 11 is 12.3. The van der Waals surface area contributed by atoms with E-state index in [1.165, 1.54) is 0 Å². The Morgan fingerprint density at radius 1 is 1.19 bits per heavy atom. The largest absolute Gasteiger partial charge is 0.367 e. The van der Waals surface area contributed by atoms with Crippen LogP contribution in [0.15, 0.2) is 24.3 Å². The van der Waals surface area contributed by atoms with Crippen LogP contribution in [-0.2, 0) is 0 Å². The lowest BCUT2D eigenvalue weighted by atomic mass is 10.2. The molecule has 0 aliphatic carbocycles. The van der Waals surface area contributed by atoms with Crippen molar-refractivity contribution in [1.29, 1.82) is 0 Å². The second-order valence-electron chi connectivity index (χ2n) is 4.89. The number of hydrogen-bond acceptors (Lipinski definition) is 4. The van der Waals surface area contributed by atoms with Gasteiger partial charge in [-0.25, -0.2) is 4.98 Å². The normalized spacial score (nSPS) is 12.0. The highest BCUT2D eigenvalue weighted by atomic mass is 35.5. The zero-order valence-electron chi connectivity index (χ0n) is 12.2. The number of aryl methyl sites for hydroxylation is 1. The van der Waals surface area contributed by atoms with E-state index in [0.717, 1.165) is 17.9 Å². The van der Waals surface area contributed by atoms with Gasteiger partial charge in [0.25, 0.3) is 0 Å². The number of aromatic nitrogens is 2. The van der Waals surface area contributed by atoms with Crippen LogP contribution < -0.4 is 10.6 Å². The summed E-state index contributed by atoms with van der Waals surface area (Å²) in [5.41, 5.74) is 1.47. The van der Waals surface area contributed by atoms with Crippen LogP contribution in [0.2, 0.25) is 10.0 Å². The highest BCUT2D eigenvalue weighted by Gasteiger charge is 2.09. The van der Waals surface area contributed by atoms with Gasteiger partial charge in [0.05, 0.1) is 15.7 Å². The van der Waals surface area contributed by atoms with Crippen molar-refractivity contribution < 1.29 is 0 Å². The smallest absolute Gasteiger partial charge is 0.229 e. The van der Waals surface area contributed by atoms with Gasteiger partial charge in [-0.1, -0.05) is 36.2 Å². The summed E-state index contributed by atoms with van der Waals surface area (Å²) in [6.45, 7) is 6.15. The summed E-state index contributed by atoms with van der Waals surface area (Å²) in [7, 11) is 0. The maximum absolute atomic E-state index is 6.15. The maximum Gasteiger partial charge on any atom is 0.229 e. The predicted molar refractivity (Wildman–Crippen MR) is 89.9 cm³/mol. The number of para-hydroxylation sites is 1. The van der Waals surface area contributed by atoms with E-state index in [1.807, 2.05) is 13.0 Å². The highest BCUT2D eigenvalue weighted by Crippen LogP contribution is 2.31. The number of anilines is 3. The van der Waals surface area contributed by atoms with Crippen LogP contribution in [0.1, 0.15) is 26.0 Å². The number of nitrogens with zero attached hydrogens (tertiary/aromatic N) is 2. The molecule has 0 aliphatic rings. The van der Waals surface area contributed by atoms with Gasteiger partial charge in [0.15, 0.2) is 0 Å². The van der Waals surface area contributed by atoms with Crippen LogP contribution in [0, 0.1) is 6.92 Å². The van der Waals surface area contributed by atoms with E-state index < -0.39 is 0 Å². The number of rotatable bonds is 5. The minimum atomic E-state index is 0.344. The third kappa shape index (κ3) is 4.22. The van der Waals surface area contributed by atoms with Gasteiger partial charge in [-0.3, -0.25) is 0 Å². The van der Waals surface area contributed by atoms with E-state index in [9.17, 15) is 0 Å². The van der Waals surface area contributed by atoms with Crippen molar-refractivity contribution in [2.24, 2.45) is 0 Å². The molecule has 0 aliphatic heterocycles. The zero-order valence-corrected chi connectivity index (χ0v) is 13.8. The molecule has 1 aromatic heterocycles. The van der Waals surface area contributed by atoms with E-state index in [1.54, 1.807) is 18.2 Å². The second kappa shape index (κ2) is 6.96. The van der Waals surface area contributed by atoms with Gasteiger partial charge in [-0.05, 0) is 32.4 Å². The fraction of sp³-hybridized carbons (Fsp3) is 0.333. The maximum atomic E-state index is 6.15. The number of nitrogens with one attached hydrogen (secondary N) is 2. The first-order chi connectivity index (χ1) is 9.99. The molecule has 0 radical (unpaired) electrons. The molecule has 2 aromatic rings. The van der Waals surface area contributed by atoms with Gasteiger partial charge in [-0.15, -0.1) is 0 Å². The Bertz CT molecular complexity index is 611. The number of halogens is 2. The van der Waals surface area contributed by atoms with Crippen molar-refractivity contribution in [1.82, 2.24) is 9.97 Å². The van der Waals surface area contributed by atoms with Crippen molar-refractivity contribution in [3.8, 4) is 0 Å². The molecule has 0 spiro atoms. The molecule has 4 nitrogen and oxygen atoms in total. The van der Waals surface area contributed by atoms with Crippen molar-refractivity contribution in [3.63, 3.8) is 0 Å². The molecule has 2 rings (SSSR count). The van der Waals surface area contributed by atoms with E-state index >= 15 is 0 Å². The number of benzene rings is 1. The van der Waals surface area contributed by atoms with Crippen molar-refractivity contribution >= 4 is 40.7 Å². The minimum Gasteiger partial charge on any atom is -0.367 e. The van der Waals surface area contributed by atoms with Gasteiger partial charge in [-0.2, -0.15) is 4.98 Å². The summed E-state index contributed by atoms with van der Waals surface area (Å²) in [5.74, 6) is 1.25. The Hall–Kier alpha value is -1.52. The van der Waals surface area contributed by atoms with Crippen molar-refractivity contribution in [3.05, 3.63) is 40.0 Å². The summed E-state index contributed by atoms with van der Waals surface area (Å²) in [4.78, 5) is 8.81. The molecule has 2 N–H and O–H groups in total. The predicted octanol–water partition coefficient (Wildman–Crippen LogP) is 5.05. The molecular weight excluding hydrogens is 307 g/mol. The summed E-state index contributed by atoms with van der Waals surface area (Å²) in [5, 5.41) is 7.48. The monoisotopic (exact) mass is 324 g/mol. The van der Waals surface area contributed by atoms with Crippen LogP contribution in [0.5, 0.6) is 0 Å². The third-order valence-electron chi connectivity index (χ3n) is 3.06. The Morgan fingerprint density at radius 2 is 1.86 bits per heavy atom. The van der Waals surface area contributed by atoms with Gasteiger partial charge in [0, 0.05) is 17.8 Å². The van der Waals surface area contributed by atoms with Crippen LogP contribution in [0.4, 0.5) is 17.5 Å². The van der Waals surface area contributed by atoms with Crippen molar-refractivity contribution in [2.75, 3.05) is 10.6 Å². The summed E-state index contributed by atoms with van der Waals surface area (Å²) in [6.07, 6.45) is 1.02. The molecule has 0 fully saturated rings. The fourth-order valence-electron chi connectivity index (χ4n) is 1.78. The topological polar surface area (TPSA) is 49.8 Å². The van der Waals surface area contributed by atoms with E-state index in [2.05, 4.69) is 34.4 Å². The molecule has 0 bridgehead atoms. The first kappa shape index (κ1) is 15.9. The highest BCUT2D eigenvalue weighted by molar-refractivity contribution is 6.39. The summed E-state index contributed by atoms with van der Waals surface area (Å²) < 4.78 is 0. The lowest BCUT2D eigenvalue weighted by Gasteiger charge is -2.14. The van der Waals surface area contributed by atoms with Crippen molar-refractivity contribution in [2.45, 2.75) is 33.2 Å². The molecule has 1 atom stereocenters. The summed E-state index contributed by atoms with van der Waals surface area (Å²) in [6, 6.07) is 7.58. The average molecular weight is 325 g/mol. The van der Waals surface area contributed by atoms with Gasteiger partial charge >= 0.3 is 0 Å². The van der Waals surface area contributed by atoms with Gasteiger partial charge in [0.2, 0.25) is 5.95 Å². The fourth-order valence-corrected chi connectivity index (χ4v) is 2.27. The molecular formula is C15H18Cl2N4. The first-order valence-corrected chi connectivity index (χ1v) is 7.58. The Labute approximate surface area is 134 Å². The SMILES string of the molecule is CCC(C)Nc1cc(C)nc(Nc2c(Cl)cccc2Cl)n1. The first-order valence-electron chi connectivity index (χ1n) is 6.83. The molecule has 1 aromatic carbocycles. The molecule has 112 valence electrons. The zero-order chi connectivity index (χ0) is 15.4. The van der Waals surface area contributed by atoms with E-state index in [4.69, 9.17) is 23.2 Å². The third-order valence-corrected chi connectivity index (χ3v) is 3.69. The Balaban J connectivity index is 2.28. The lowest BCUT2D eigenvalue weighted by molar-refractivity contribution is 0.758. The lowest BCUT2D eigenvalue weighted by Crippen LogP contribution is -2.15. The van der Waals surface area contributed by atoms with Gasteiger partial charge < -0.3 is 10.6 Å². The molecule has 6 heteroatoms. The molecule has 0 saturated carbocycles. The Kier molecular flexibility index (Phi) is 5.26. The molecule has 1 unspecified atom stereocenters. The van der Waals surface area contributed by atoms with Crippen LogP contribution >= 0.6 is 23.2 Å². The number of hydrogen-bond donors (Lipinski definition) is 2. The average Bonchev–Trinajstić information content (AvgIpc) is 2.42. The quantitative estimate of drug-likeness (QED) is 0.808. The van der Waals surface area contributed by atoms with Crippen LogP contribution in [-0.4, -0.2) is 16.0 Å². The molecule has 21 heavy (non-hydrogen) atoms. The van der Waals surface area contributed by atoms with Crippen LogP contribution in [0.3, 0.4) is 0 Å².